The van der Waals surface area contributed by atoms with Gasteiger partial charge in [0, 0.05) is 38.9 Å². The third-order valence-corrected chi connectivity index (χ3v) is 4.90. The fourth-order valence-electron chi connectivity index (χ4n) is 3.20. The fraction of sp³-hybridized carbons (Fsp3) is 0.500. The second kappa shape index (κ2) is 8.59. The Hall–Kier alpha value is -2.62. The van der Waals surface area contributed by atoms with Crippen LogP contribution < -0.4 is 5.32 Å². The summed E-state index contributed by atoms with van der Waals surface area (Å²) in [5.74, 6) is 1.36. The molecule has 1 aliphatic heterocycles. The van der Waals surface area contributed by atoms with Crippen LogP contribution in [0, 0.1) is 0 Å². The summed E-state index contributed by atoms with van der Waals surface area (Å²) < 4.78 is 40.6. The molecule has 0 saturated carbocycles. The molecule has 1 aromatic carbocycles. The number of hydrogen-bond acceptors (Lipinski definition) is 4. The first-order valence-electron chi connectivity index (χ1n) is 9.11. The van der Waals surface area contributed by atoms with Gasteiger partial charge in [0.2, 0.25) is 0 Å². The predicted octanol–water partition coefficient (Wildman–Crippen LogP) is 1.91. The number of benzene rings is 1. The Morgan fingerprint density at radius 2 is 1.86 bits per heavy atom. The van der Waals surface area contributed by atoms with Gasteiger partial charge in [-0.05, 0) is 19.1 Å². The quantitative estimate of drug-likeness (QED) is 0.633. The first kappa shape index (κ1) is 20.1. The molecule has 1 aliphatic rings. The summed E-state index contributed by atoms with van der Waals surface area (Å²) in [4.78, 5) is 7.68. The average molecular weight is 395 g/mol. The third-order valence-electron chi connectivity index (χ3n) is 4.90. The Bertz CT molecular complexity index is 780. The molecule has 10 heteroatoms. The summed E-state index contributed by atoms with van der Waals surface area (Å²) in [6.07, 6.45) is -2.56. The molecule has 7 nitrogen and oxygen atoms in total. The van der Waals surface area contributed by atoms with Gasteiger partial charge in [-0.2, -0.15) is 13.2 Å². The Morgan fingerprint density at radius 1 is 1.18 bits per heavy atom. The summed E-state index contributed by atoms with van der Waals surface area (Å²) in [5, 5.41) is 11.4. The molecule has 1 unspecified atom stereocenters. The van der Waals surface area contributed by atoms with Crippen LogP contribution >= 0.6 is 0 Å². The van der Waals surface area contributed by atoms with Crippen LogP contribution in [0.15, 0.2) is 41.7 Å². The van der Waals surface area contributed by atoms with Crippen LogP contribution in [0.3, 0.4) is 0 Å². The van der Waals surface area contributed by atoms with Crippen molar-refractivity contribution in [2.24, 2.45) is 4.99 Å². The van der Waals surface area contributed by atoms with Gasteiger partial charge in [0.1, 0.15) is 12.4 Å². The Labute approximate surface area is 161 Å². The normalized spacial score (nSPS) is 17.6. The lowest BCUT2D eigenvalue weighted by atomic mass is 10.2. The topological polar surface area (TPSA) is 61.6 Å². The van der Waals surface area contributed by atoms with E-state index in [2.05, 4.69) is 20.5 Å². The molecule has 1 atom stereocenters. The number of aromatic nitrogens is 3. The summed E-state index contributed by atoms with van der Waals surface area (Å²) in [6, 6.07) is 8.30. The number of nitrogens with zero attached hydrogens (tertiary/aromatic N) is 6. The Balaban J connectivity index is 1.58. The zero-order valence-electron chi connectivity index (χ0n) is 15.9. The molecule has 3 rings (SSSR count). The number of nitrogens with one attached hydrogen (secondary N) is 1. The van der Waals surface area contributed by atoms with Crippen LogP contribution in [0.1, 0.15) is 12.7 Å². The molecule has 0 amide bonds. The number of piperazine rings is 1. The fourth-order valence-corrected chi connectivity index (χ4v) is 3.20. The number of hydrogen-bond donors (Lipinski definition) is 1. The summed E-state index contributed by atoms with van der Waals surface area (Å²) in [5.41, 5.74) is 0.953. The van der Waals surface area contributed by atoms with Crippen molar-refractivity contribution in [2.75, 3.05) is 33.2 Å². The van der Waals surface area contributed by atoms with E-state index in [9.17, 15) is 13.2 Å². The van der Waals surface area contributed by atoms with Crippen molar-refractivity contribution in [1.29, 1.82) is 0 Å². The van der Waals surface area contributed by atoms with Gasteiger partial charge in [0.05, 0.1) is 6.54 Å². The van der Waals surface area contributed by atoms with Crippen molar-refractivity contribution in [3.05, 3.63) is 42.5 Å². The molecule has 28 heavy (non-hydrogen) atoms. The molecule has 1 aromatic heterocycles. The molecule has 0 aliphatic carbocycles. The minimum atomic E-state index is -4.20. The SMILES string of the molecule is CN=C(NCc1nncn1-c1ccccc1)N1CCN(C(C)C(F)(F)F)CC1. The summed E-state index contributed by atoms with van der Waals surface area (Å²) in [7, 11) is 1.66. The maximum Gasteiger partial charge on any atom is 0.403 e. The van der Waals surface area contributed by atoms with E-state index in [1.807, 2.05) is 39.8 Å². The van der Waals surface area contributed by atoms with E-state index in [-0.39, 0.29) is 0 Å². The van der Waals surface area contributed by atoms with E-state index in [4.69, 9.17) is 0 Å². The molecule has 2 heterocycles. The van der Waals surface area contributed by atoms with Crippen molar-refractivity contribution in [2.45, 2.75) is 25.7 Å². The predicted molar refractivity (Wildman–Crippen MR) is 100 cm³/mol. The zero-order chi connectivity index (χ0) is 20.1. The van der Waals surface area contributed by atoms with Gasteiger partial charge in [0.15, 0.2) is 11.8 Å². The molecular formula is C18H24F3N7. The van der Waals surface area contributed by atoms with Gasteiger partial charge in [0.25, 0.3) is 0 Å². The highest BCUT2D eigenvalue weighted by Gasteiger charge is 2.41. The molecule has 2 aromatic rings. The maximum atomic E-state index is 12.9. The van der Waals surface area contributed by atoms with E-state index in [1.54, 1.807) is 13.4 Å². The standard InChI is InChI=1S/C18H24F3N7/c1-14(18(19,20)21)26-8-10-27(11-9-26)17(22-2)23-12-16-25-24-13-28(16)15-6-4-3-5-7-15/h3-7,13-14H,8-12H2,1-2H3,(H,22,23). The first-order valence-corrected chi connectivity index (χ1v) is 9.11. The third kappa shape index (κ3) is 4.61. The van der Waals surface area contributed by atoms with Crippen molar-refractivity contribution in [3.8, 4) is 5.69 Å². The van der Waals surface area contributed by atoms with Crippen molar-refractivity contribution in [1.82, 2.24) is 29.9 Å². The number of alkyl halides is 3. The monoisotopic (exact) mass is 395 g/mol. The zero-order valence-corrected chi connectivity index (χ0v) is 15.9. The second-order valence-electron chi connectivity index (χ2n) is 6.59. The molecule has 1 fully saturated rings. The molecular weight excluding hydrogens is 371 g/mol. The van der Waals surface area contributed by atoms with E-state index in [0.717, 1.165) is 11.5 Å². The van der Waals surface area contributed by atoms with Crippen LogP contribution in [0.5, 0.6) is 0 Å². The smallest absolute Gasteiger partial charge is 0.349 e. The number of aliphatic imine (C=N–C) groups is 1. The number of para-hydroxylation sites is 1. The van der Waals surface area contributed by atoms with E-state index >= 15 is 0 Å². The second-order valence-corrected chi connectivity index (χ2v) is 6.59. The lowest BCUT2D eigenvalue weighted by Gasteiger charge is -2.39. The van der Waals surface area contributed by atoms with E-state index in [0.29, 0.717) is 38.7 Å². The van der Waals surface area contributed by atoms with Crippen molar-refractivity contribution in [3.63, 3.8) is 0 Å². The molecule has 152 valence electrons. The van der Waals surface area contributed by atoms with Gasteiger partial charge in [-0.25, -0.2) is 0 Å². The lowest BCUT2D eigenvalue weighted by molar-refractivity contribution is -0.181. The summed E-state index contributed by atoms with van der Waals surface area (Å²) in [6.45, 7) is 3.24. The van der Waals surface area contributed by atoms with Crippen LogP contribution in [0.4, 0.5) is 13.2 Å². The molecule has 1 saturated heterocycles. The van der Waals surface area contributed by atoms with Crippen LogP contribution in [-0.2, 0) is 6.54 Å². The highest BCUT2D eigenvalue weighted by atomic mass is 19.4. The molecule has 1 N–H and O–H groups in total. The number of rotatable bonds is 4. The minimum Gasteiger partial charge on any atom is -0.349 e. The van der Waals surface area contributed by atoms with E-state index < -0.39 is 12.2 Å². The van der Waals surface area contributed by atoms with Crippen LogP contribution in [0.2, 0.25) is 0 Å². The average Bonchev–Trinajstić information content (AvgIpc) is 3.17. The van der Waals surface area contributed by atoms with Crippen molar-refractivity contribution >= 4 is 5.96 Å². The van der Waals surface area contributed by atoms with E-state index in [1.165, 1.54) is 11.8 Å². The Morgan fingerprint density at radius 3 is 2.46 bits per heavy atom. The number of guanidine groups is 1. The van der Waals surface area contributed by atoms with Gasteiger partial charge in [-0.1, -0.05) is 18.2 Å². The number of halogens is 3. The van der Waals surface area contributed by atoms with Crippen LogP contribution in [0.25, 0.3) is 5.69 Å². The van der Waals surface area contributed by atoms with Gasteiger partial charge < -0.3 is 10.2 Å². The maximum absolute atomic E-state index is 12.9. The highest BCUT2D eigenvalue weighted by Crippen LogP contribution is 2.25. The van der Waals surface area contributed by atoms with Crippen LogP contribution in [-0.4, -0.2) is 76.0 Å². The van der Waals surface area contributed by atoms with Crippen molar-refractivity contribution < 1.29 is 13.2 Å². The van der Waals surface area contributed by atoms with Gasteiger partial charge in [-0.3, -0.25) is 14.5 Å². The highest BCUT2D eigenvalue weighted by molar-refractivity contribution is 5.79. The largest absolute Gasteiger partial charge is 0.403 e. The van der Waals surface area contributed by atoms with Gasteiger partial charge >= 0.3 is 6.18 Å². The summed E-state index contributed by atoms with van der Waals surface area (Å²) >= 11 is 0. The minimum absolute atomic E-state index is 0.335. The molecule has 0 bridgehead atoms. The Kier molecular flexibility index (Phi) is 6.18. The molecule has 0 radical (unpaired) electrons. The van der Waals surface area contributed by atoms with Gasteiger partial charge in [-0.15, -0.1) is 10.2 Å². The first-order chi connectivity index (χ1) is 13.4. The molecule has 0 spiro atoms. The lowest BCUT2D eigenvalue weighted by Crippen LogP contribution is -2.56.